The molecule has 0 unspecified atom stereocenters. The van der Waals surface area contributed by atoms with Crippen LogP contribution in [0.3, 0.4) is 0 Å². The van der Waals surface area contributed by atoms with E-state index in [1.165, 1.54) is 10.5 Å². The first kappa shape index (κ1) is 19.7. The lowest BCUT2D eigenvalue weighted by atomic mass is 10.0. The zero-order valence-corrected chi connectivity index (χ0v) is 17.9. The summed E-state index contributed by atoms with van der Waals surface area (Å²) in [5.41, 5.74) is 4.10. The highest BCUT2D eigenvalue weighted by Crippen LogP contribution is 2.32. The number of benzene rings is 2. The van der Waals surface area contributed by atoms with Crippen molar-refractivity contribution >= 4 is 50.6 Å². The van der Waals surface area contributed by atoms with Gasteiger partial charge in [-0.2, -0.15) is 0 Å². The van der Waals surface area contributed by atoms with Crippen LogP contribution in [0.5, 0.6) is 0 Å². The Labute approximate surface area is 172 Å². The van der Waals surface area contributed by atoms with E-state index >= 15 is 0 Å². The van der Waals surface area contributed by atoms with Gasteiger partial charge in [0.15, 0.2) is 0 Å². The van der Waals surface area contributed by atoms with Gasteiger partial charge in [-0.25, -0.2) is 0 Å². The Morgan fingerprint density at radius 2 is 1.85 bits per heavy atom. The Morgan fingerprint density at radius 1 is 1.15 bits per heavy atom. The van der Waals surface area contributed by atoms with Crippen molar-refractivity contribution in [3.05, 3.63) is 68.5 Å². The van der Waals surface area contributed by atoms with Crippen molar-refractivity contribution in [2.45, 2.75) is 26.7 Å². The van der Waals surface area contributed by atoms with Crippen molar-refractivity contribution in [2.75, 3.05) is 12.0 Å². The lowest BCUT2D eigenvalue weighted by molar-refractivity contribution is -0.122. The maximum absolute atomic E-state index is 12.6. The fourth-order valence-corrected chi connectivity index (χ4v) is 4.07. The van der Waals surface area contributed by atoms with Crippen molar-refractivity contribution in [3.63, 3.8) is 0 Å². The van der Waals surface area contributed by atoms with Crippen molar-refractivity contribution in [1.82, 2.24) is 4.90 Å². The van der Waals surface area contributed by atoms with Crippen LogP contribution >= 0.6 is 27.7 Å². The van der Waals surface area contributed by atoms with Gasteiger partial charge in [-0.05, 0) is 65.6 Å². The van der Waals surface area contributed by atoms with E-state index in [0.29, 0.717) is 10.8 Å². The van der Waals surface area contributed by atoms with E-state index in [2.05, 4.69) is 47.2 Å². The summed E-state index contributed by atoms with van der Waals surface area (Å²) in [7, 11) is 0. The minimum absolute atomic E-state index is 0.150. The molecule has 2 aromatic rings. The van der Waals surface area contributed by atoms with Gasteiger partial charge in [-0.3, -0.25) is 14.5 Å². The molecule has 27 heavy (non-hydrogen) atoms. The number of nitrogens with zero attached hydrogens (tertiary/aromatic N) is 1. The number of carbonyl (C=O) groups is 2. The van der Waals surface area contributed by atoms with Crippen LogP contribution in [0.25, 0.3) is 6.08 Å². The van der Waals surface area contributed by atoms with Crippen LogP contribution in [-0.2, 0) is 4.79 Å². The third kappa shape index (κ3) is 4.62. The summed E-state index contributed by atoms with van der Waals surface area (Å²) < 4.78 is 0.989. The number of hydrogen-bond donors (Lipinski definition) is 1. The smallest absolute Gasteiger partial charge is 0.295 e. The van der Waals surface area contributed by atoms with E-state index in [1.807, 2.05) is 37.3 Å². The molecule has 1 N–H and O–H groups in total. The first-order chi connectivity index (χ1) is 12.8. The van der Waals surface area contributed by atoms with E-state index in [1.54, 1.807) is 6.08 Å². The van der Waals surface area contributed by atoms with Crippen molar-refractivity contribution in [1.29, 1.82) is 0 Å². The molecular weight excluding hydrogens is 424 g/mol. The zero-order chi connectivity index (χ0) is 19.6. The lowest BCUT2D eigenvalue weighted by Crippen LogP contribution is -2.33. The van der Waals surface area contributed by atoms with Crippen LogP contribution in [0.2, 0.25) is 0 Å². The number of rotatable bonds is 5. The quantitative estimate of drug-likeness (QED) is 0.575. The molecule has 2 aromatic carbocycles. The van der Waals surface area contributed by atoms with Crippen LogP contribution in [0, 0.1) is 6.92 Å². The fourth-order valence-electron chi connectivity index (χ4n) is 2.75. The number of amides is 2. The Kier molecular flexibility index (Phi) is 6.07. The van der Waals surface area contributed by atoms with E-state index < -0.39 is 0 Å². The van der Waals surface area contributed by atoms with Gasteiger partial charge in [0.05, 0.1) is 11.6 Å². The second-order valence-electron chi connectivity index (χ2n) is 6.73. The third-order valence-electron chi connectivity index (χ3n) is 4.39. The van der Waals surface area contributed by atoms with Crippen LogP contribution in [0.4, 0.5) is 10.5 Å². The summed E-state index contributed by atoms with van der Waals surface area (Å²) in [4.78, 5) is 26.6. The molecule has 1 aliphatic rings. The zero-order valence-electron chi connectivity index (χ0n) is 15.5. The summed E-state index contributed by atoms with van der Waals surface area (Å²) in [5, 5.41) is 2.91. The summed E-state index contributed by atoms with van der Waals surface area (Å²) in [6.45, 7) is 6.40. The summed E-state index contributed by atoms with van der Waals surface area (Å²) >= 11 is 4.41. The maximum Gasteiger partial charge on any atom is 0.295 e. The standard InChI is InChI=1S/C21H21BrN2O2S/c1-13(2)16-6-4-15(5-7-16)11-19-20(25)24(21(26)27-19)12-23-18-9-8-17(22)10-14(18)3/h4-11,13,23H,12H2,1-3H3/b19-11-. The maximum atomic E-state index is 12.6. The number of carbonyl (C=O) groups excluding carboxylic acids is 2. The van der Waals surface area contributed by atoms with E-state index in [9.17, 15) is 9.59 Å². The van der Waals surface area contributed by atoms with Crippen LogP contribution < -0.4 is 5.32 Å². The summed E-state index contributed by atoms with van der Waals surface area (Å²) in [6, 6.07) is 13.9. The van der Waals surface area contributed by atoms with Gasteiger partial charge in [-0.15, -0.1) is 0 Å². The molecule has 0 saturated carbocycles. The fraction of sp³-hybridized carbons (Fsp3) is 0.238. The number of nitrogens with one attached hydrogen (secondary N) is 1. The molecule has 1 heterocycles. The van der Waals surface area contributed by atoms with Gasteiger partial charge in [0.25, 0.3) is 11.1 Å². The molecular formula is C21H21BrN2O2S. The average molecular weight is 445 g/mol. The first-order valence-corrected chi connectivity index (χ1v) is 10.3. The topological polar surface area (TPSA) is 49.4 Å². The van der Waals surface area contributed by atoms with E-state index in [0.717, 1.165) is 33.0 Å². The van der Waals surface area contributed by atoms with E-state index in [4.69, 9.17) is 0 Å². The largest absolute Gasteiger partial charge is 0.367 e. The SMILES string of the molecule is Cc1cc(Br)ccc1NCN1C(=O)S/C(=C\c2ccc(C(C)C)cc2)C1=O. The Balaban J connectivity index is 1.70. The highest BCUT2D eigenvalue weighted by molar-refractivity contribution is 9.10. The van der Waals surface area contributed by atoms with Gasteiger partial charge in [0.2, 0.25) is 0 Å². The predicted octanol–water partition coefficient (Wildman–Crippen LogP) is 5.99. The van der Waals surface area contributed by atoms with Crippen molar-refractivity contribution < 1.29 is 9.59 Å². The molecule has 2 amide bonds. The number of aryl methyl sites for hydroxylation is 1. The van der Waals surface area contributed by atoms with Crippen LogP contribution in [0.15, 0.2) is 51.8 Å². The molecule has 3 rings (SSSR count). The minimum atomic E-state index is -0.264. The molecule has 0 aromatic heterocycles. The molecule has 0 atom stereocenters. The van der Waals surface area contributed by atoms with Gasteiger partial charge in [-0.1, -0.05) is 54.0 Å². The Hall–Kier alpha value is -2.05. The number of hydrogen-bond acceptors (Lipinski definition) is 4. The second kappa shape index (κ2) is 8.31. The highest BCUT2D eigenvalue weighted by atomic mass is 79.9. The van der Waals surface area contributed by atoms with Gasteiger partial charge in [0.1, 0.15) is 0 Å². The molecule has 1 fully saturated rings. The molecule has 6 heteroatoms. The van der Waals surface area contributed by atoms with Gasteiger partial charge >= 0.3 is 0 Å². The molecule has 1 aliphatic heterocycles. The molecule has 0 bridgehead atoms. The highest BCUT2D eigenvalue weighted by Gasteiger charge is 2.34. The molecule has 4 nitrogen and oxygen atoms in total. The normalized spacial score (nSPS) is 15.9. The van der Waals surface area contributed by atoms with Gasteiger partial charge < -0.3 is 5.32 Å². The average Bonchev–Trinajstić information content (AvgIpc) is 2.88. The number of thioether (sulfide) groups is 1. The Bertz CT molecular complexity index is 907. The second-order valence-corrected chi connectivity index (χ2v) is 8.63. The molecule has 0 spiro atoms. The van der Waals surface area contributed by atoms with Crippen LogP contribution in [0.1, 0.15) is 36.5 Å². The first-order valence-electron chi connectivity index (χ1n) is 8.70. The van der Waals surface area contributed by atoms with Crippen molar-refractivity contribution in [2.24, 2.45) is 0 Å². The molecule has 1 saturated heterocycles. The monoisotopic (exact) mass is 444 g/mol. The minimum Gasteiger partial charge on any atom is -0.367 e. The summed E-state index contributed by atoms with van der Waals surface area (Å²) in [6.07, 6.45) is 1.78. The number of anilines is 1. The Morgan fingerprint density at radius 3 is 2.48 bits per heavy atom. The molecule has 0 aliphatic carbocycles. The van der Waals surface area contributed by atoms with Gasteiger partial charge in [0, 0.05) is 10.2 Å². The number of halogens is 1. The molecule has 140 valence electrons. The predicted molar refractivity (Wildman–Crippen MR) is 116 cm³/mol. The lowest BCUT2D eigenvalue weighted by Gasteiger charge is -2.16. The number of imide groups is 1. The van der Waals surface area contributed by atoms with Crippen molar-refractivity contribution in [3.8, 4) is 0 Å². The summed E-state index contributed by atoms with van der Waals surface area (Å²) in [5.74, 6) is 0.194. The molecule has 0 radical (unpaired) electrons. The third-order valence-corrected chi connectivity index (χ3v) is 5.79. The van der Waals surface area contributed by atoms with Crippen LogP contribution in [-0.4, -0.2) is 22.7 Å². The van der Waals surface area contributed by atoms with E-state index in [-0.39, 0.29) is 17.8 Å².